The topological polar surface area (TPSA) is 53.5 Å². The lowest BCUT2D eigenvalue weighted by atomic mass is 9.77. The first-order valence-corrected chi connectivity index (χ1v) is 9.84. The molecule has 2 fully saturated rings. The van der Waals surface area contributed by atoms with Crippen molar-refractivity contribution in [1.29, 1.82) is 0 Å². The molecule has 2 aliphatic rings. The zero-order valence-corrected chi connectivity index (χ0v) is 14.2. The molecule has 0 amide bonds. The van der Waals surface area contributed by atoms with Crippen molar-refractivity contribution in [2.45, 2.75) is 31.8 Å². The van der Waals surface area contributed by atoms with Crippen molar-refractivity contribution < 1.29 is 8.42 Å². The fourth-order valence-electron chi connectivity index (χ4n) is 4.11. The van der Waals surface area contributed by atoms with Gasteiger partial charge in [-0.2, -0.15) is 0 Å². The van der Waals surface area contributed by atoms with Crippen LogP contribution in [0.1, 0.15) is 24.8 Å². The molecule has 0 aromatic carbocycles. The summed E-state index contributed by atoms with van der Waals surface area (Å²) in [4.78, 5) is 6.46. The molecule has 122 valence electrons. The van der Waals surface area contributed by atoms with Crippen LogP contribution >= 0.6 is 0 Å². The predicted octanol–water partition coefficient (Wildman–Crippen LogP) is 1.57. The Hall–Kier alpha value is -0.980. The molecule has 3 rings (SSSR count). The lowest BCUT2D eigenvalue weighted by molar-refractivity contribution is 0.106. The summed E-state index contributed by atoms with van der Waals surface area (Å²) in [6, 6.07) is 4.57. The van der Waals surface area contributed by atoms with Gasteiger partial charge in [-0.15, -0.1) is 0 Å². The Balaban J connectivity index is 1.71. The molecule has 1 aliphatic carbocycles. The van der Waals surface area contributed by atoms with Gasteiger partial charge in [-0.25, -0.2) is 12.7 Å². The summed E-state index contributed by atoms with van der Waals surface area (Å²) in [5.41, 5.74) is 1.26. The van der Waals surface area contributed by atoms with Gasteiger partial charge in [0.25, 0.3) is 0 Å². The third kappa shape index (κ3) is 3.34. The van der Waals surface area contributed by atoms with Crippen LogP contribution in [0.15, 0.2) is 24.5 Å². The number of hydrogen-bond acceptors (Lipinski definition) is 4. The maximum absolute atomic E-state index is 11.8. The second-order valence-electron chi connectivity index (χ2n) is 6.77. The highest BCUT2D eigenvalue weighted by Gasteiger charge is 2.43. The Morgan fingerprint density at radius 1 is 1.27 bits per heavy atom. The van der Waals surface area contributed by atoms with Crippen LogP contribution < -0.4 is 0 Å². The maximum atomic E-state index is 11.8. The van der Waals surface area contributed by atoms with Gasteiger partial charge in [-0.1, -0.05) is 6.42 Å². The van der Waals surface area contributed by atoms with E-state index in [1.165, 1.54) is 24.7 Å². The Morgan fingerprint density at radius 2 is 2.00 bits per heavy atom. The molecule has 3 atom stereocenters. The van der Waals surface area contributed by atoms with Gasteiger partial charge in [0.05, 0.1) is 6.26 Å². The predicted molar refractivity (Wildman–Crippen MR) is 86.7 cm³/mol. The second-order valence-corrected chi connectivity index (χ2v) is 8.76. The largest absolute Gasteiger partial charge is 0.299 e. The molecule has 0 bridgehead atoms. The first-order chi connectivity index (χ1) is 10.4. The minimum atomic E-state index is -3.06. The Bertz CT molecular complexity index is 605. The molecule has 22 heavy (non-hydrogen) atoms. The minimum Gasteiger partial charge on any atom is -0.299 e. The number of aromatic nitrogens is 1. The summed E-state index contributed by atoms with van der Waals surface area (Å²) in [6.45, 7) is 2.30. The SMILES string of the molecule is CN(Cc1ccncc1)[C@@H]1CCC[C@@H]2CN(S(C)(=O)=O)C[C@@H]21. The summed E-state index contributed by atoms with van der Waals surface area (Å²) in [5, 5.41) is 0. The quantitative estimate of drug-likeness (QED) is 0.844. The number of sulfonamides is 1. The molecule has 1 saturated heterocycles. The Labute approximate surface area is 133 Å². The van der Waals surface area contributed by atoms with Crippen molar-refractivity contribution in [3.63, 3.8) is 0 Å². The van der Waals surface area contributed by atoms with E-state index in [9.17, 15) is 8.42 Å². The molecule has 5 nitrogen and oxygen atoms in total. The monoisotopic (exact) mass is 323 g/mol. The molecule has 1 aromatic heterocycles. The van der Waals surface area contributed by atoms with Crippen LogP contribution in [0.2, 0.25) is 0 Å². The average Bonchev–Trinajstić information content (AvgIpc) is 2.92. The zero-order chi connectivity index (χ0) is 15.7. The average molecular weight is 323 g/mol. The zero-order valence-electron chi connectivity index (χ0n) is 13.4. The lowest BCUT2D eigenvalue weighted by Gasteiger charge is -2.39. The minimum absolute atomic E-state index is 0.468. The third-order valence-corrected chi connectivity index (χ3v) is 6.48. The first kappa shape index (κ1) is 15.9. The highest BCUT2D eigenvalue weighted by molar-refractivity contribution is 7.88. The second kappa shape index (κ2) is 6.26. The Kier molecular flexibility index (Phi) is 4.52. The fourth-order valence-corrected chi connectivity index (χ4v) is 5.02. The van der Waals surface area contributed by atoms with E-state index in [0.717, 1.165) is 13.0 Å². The standard InChI is InChI=1S/C16H25N3O2S/c1-18(10-13-6-8-17-9-7-13)16-5-3-4-14-11-19(12-15(14)16)22(2,20)21/h6-9,14-16H,3-5,10-12H2,1-2H3/t14-,15+,16-/m1/s1. The number of pyridine rings is 1. The normalized spacial score (nSPS) is 29.7. The van der Waals surface area contributed by atoms with Crippen LogP contribution in [0.25, 0.3) is 0 Å². The third-order valence-electron chi connectivity index (χ3n) is 5.24. The van der Waals surface area contributed by atoms with E-state index in [1.54, 1.807) is 4.31 Å². The van der Waals surface area contributed by atoms with Crippen molar-refractivity contribution in [3.8, 4) is 0 Å². The summed E-state index contributed by atoms with van der Waals surface area (Å²) in [6.07, 6.45) is 8.52. The smallest absolute Gasteiger partial charge is 0.211 e. The van der Waals surface area contributed by atoms with Crippen LogP contribution in [0, 0.1) is 11.8 Å². The highest BCUT2D eigenvalue weighted by atomic mass is 32.2. The van der Waals surface area contributed by atoms with E-state index in [2.05, 4.69) is 16.9 Å². The van der Waals surface area contributed by atoms with Crippen molar-refractivity contribution in [2.24, 2.45) is 11.8 Å². The molecular formula is C16H25N3O2S. The van der Waals surface area contributed by atoms with Gasteiger partial charge in [0, 0.05) is 38.1 Å². The van der Waals surface area contributed by atoms with Gasteiger partial charge >= 0.3 is 0 Å². The number of rotatable bonds is 4. The summed E-state index contributed by atoms with van der Waals surface area (Å²) >= 11 is 0. The first-order valence-electron chi connectivity index (χ1n) is 7.99. The van der Waals surface area contributed by atoms with Gasteiger partial charge in [0.1, 0.15) is 0 Å². The molecule has 2 heterocycles. The van der Waals surface area contributed by atoms with Gasteiger partial charge in [-0.05, 0) is 49.4 Å². The van der Waals surface area contributed by atoms with Gasteiger partial charge in [0.2, 0.25) is 10.0 Å². The van der Waals surface area contributed by atoms with Gasteiger partial charge in [-0.3, -0.25) is 9.88 Å². The van der Waals surface area contributed by atoms with Crippen LogP contribution in [0.4, 0.5) is 0 Å². The van der Waals surface area contributed by atoms with Crippen LogP contribution in [0.3, 0.4) is 0 Å². The molecule has 1 aromatic rings. The molecule has 0 radical (unpaired) electrons. The van der Waals surface area contributed by atoms with E-state index in [4.69, 9.17) is 0 Å². The molecular weight excluding hydrogens is 298 g/mol. The summed E-state index contributed by atoms with van der Waals surface area (Å²) in [5.74, 6) is 0.990. The van der Waals surface area contributed by atoms with Crippen LogP contribution in [0.5, 0.6) is 0 Å². The van der Waals surface area contributed by atoms with Crippen molar-refractivity contribution in [3.05, 3.63) is 30.1 Å². The molecule has 0 N–H and O–H groups in total. The van der Waals surface area contributed by atoms with E-state index >= 15 is 0 Å². The van der Waals surface area contributed by atoms with E-state index in [0.29, 0.717) is 31.0 Å². The van der Waals surface area contributed by atoms with Crippen molar-refractivity contribution >= 4 is 10.0 Å². The number of nitrogens with zero attached hydrogens (tertiary/aromatic N) is 3. The van der Waals surface area contributed by atoms with E-state index in [-0.39, 0.29) is 0 Å². The maximum Gasteiger partial charge on any atom is 0.211 e. The van der Waals surface area contributed by atoms with Crippen molar-refractivity contribution in [1.82, 2.24) is 14.2 Å². The number of hydrogen-bond donors (Lipinski definition) is 0. The fraction of sp³-hybridized carbons (Fsp3) is 0.688. The molecule has 6 heteroatoms. The van der Waals surface area contributed by atoms with Gasteiger partial charge in [0.15, 0.2) is 0 Å². The number of fused-ring (bicyclic) bond motifs is 1. The molecule has 1 aliphatic heterocycles. The summed E-state index contributed by atoms with van der Waals surface area (Å²) in [7, 11) is -0.899. The van der Waals surface area contributed by atoms with Gasteiger partial charge < -0.3 is 0 Å². The molecule has 1 saturated carbocycles. The molecule has 0 spiro atoms. The molecule has 0 unspecified atom stereocenters. The van der Waals surface area contributed by atoms with E-state index in [1.807, 2.05) is 24.5 Å². The highest BCUT2D eigenvalue weighted by Crippen LogP contribution is 2.39. The van der Waals surface area contributed by atoms with E-state index < -0.39 is 10.0 Å². The Morgan fingerprint density at radius 3 is 2.68 bits per heavy atom. The lowest BCUT2D eigenvalue weighted by Crippen LogP contribution is -2.43. The van der Waals surface area contributed by atoms with Crippen LogP contribution in [-0.4, -0.2) is 55.0 Å². The summed E-state index contributed by atoms with van der Waals surface area (Å²) < 4.78 is 25.4. The van der Waals surface area contributed by atoms with Crippen LogP contribution in [-0.2, 0) is 16.6 Å². The van der Waals surface area contributed by atoms with Crippen molar-refractivity contribution in [2.75, 3.05) is 26.4 Å².